The molecule has 6 heteroatoms. The van der Waals surface area contributed by atoms with Crippen molar-refractivity contribution in [3.63, 3.8) is 0 Å². The minimum Gasteiger partial charge on any atom is -0.352 e. The molecule has 2 heterocycles. The first-order chi connectivity index (χ1) is 13.3. The highest BCUT2D eigenvalue weighted by molar-refractivity contribution is 7.09. The summed E-state index contributed by atoms with van der Waals surface area (Å²) in [5, 5.41) is 9.01. The van der Waals surface area contributed by atoms with Gasteiger partial charge in [-0.15, -0.1) is 11.3 Å². The lowest BCUT2D eigenvalue weighted by Gasteiger charge is -2.05. The molecule has 0 aliphatic carbocycles. The van der Waals surface area contributed by atoms with Gasteiger partial charge < -0.3 is 9.84 Å². The SMILES string of the molecule is O=C(NCCc1cccs1)c1cccc(-c2nc(-c3ccccc3)no2)c1. The number of benzene rings is 2. The van der Waals surface area contributed by atoms with E-state index in [-0.39, 0.29) is 5.91 Å². The number of nitrogens with zero attached hydrogens (tertiary/aromatic N) is 2. The van der Waals surface area contributed by atoms with E-state index in [1.165, 1.54) is 4.88 Å². The van der Waals surface area contributed by atoms with Gasteiger partial charge in [-0.05, 0) is 36.1 Å². The lowest BCUT2D eigenvalue weighted by Crippen LogP contribution is -2.25. The van der Waals surface area contributed by atoms with Crippen LogP contribution in [0.2, 0.25) is 0 Å². The molecule has 5 nitrogen and oxygen atoms in total. The normalized spacial score (nSPS) is 10.7. The summed E-state index contributed by atoms with van der Waals surface area (Å²) in [5.41, 5.74) is 2.17. The molecular formula is C21H17N3O2S. The van der Waals surface area contributed by atoms with Crippen LogP contribution in [0.5, 0.6) is 0 Å². The van der Waals surface area contributed by atoms with Gasteiger partial charge in [-0.3, -0.25) is 4.79 Å². The summed E-state index contributed by atoms with van der Waals surface area (Å²) in [6.07, 6.45) is 0.827. The van der Waals surface area contributed by atoms with Crippen LogP contribution >= 0.6 is 11.3 Å². The quantitative estimate of drug-likeness (QED) is 0.541. The van der Waals surface area contributed by atoms with E-state index >= 15 is 0 Å². The standard InChI is InChI=1S/C21H17N3O2S/c25-20(22-12-11-18-10-5-13-27-18)16-8-4-9-17(14-16)21-23-19(24-26-21)15-6-2-1-3-7-15/h1-10,13-14H,11-12H2,(H,22,25). The molecule has 0 saturated carbocycles. The summed E-state index contributed by atoms with van der Waals surface area (Å²) in [5.74, 6) is 0.801. The number of rotatable bonds is 6. The Morgan fingerprint density at radius 3 is 2.67 bits per heavy atom. The fourth-order valence-electron chi connectivity index (χ4n) is 2.69. The number of amides is 1. The number of hydrogen-bond donors (Lipinski definition) is 1. The Labute approximate surface area is 160 Å². The predicted octanol–water partition coefficient (Wildman–Crippen LogP) is 4.44. The Morgan fingerprint density at radius 2 is 1.85 bits per heavy atom. The van der Waals surface area contributed by atoms with Crippen molar-refractivity contribution < 1.29 is 9.32 Å². The molecule has 2 aromatic carbocycles. The minimum absolute atomic E-state index is 0.115. The summed E-state index contributed by atoms with van der Waals surface area (Å²) in [7, 11) is 0. The van der Waals surface area contributed by atoms with Gasteiger partial charge in [0.25, 0.3) is 11.8 Å². The van der Waals surface area contributed by atoms with Crippen LogP contribution in [-0.2, 0) is 6.42 Å². The highest BCUT2D eigenvalue weighted by atomic mass is 32.1. The van der Waals surface area contributed by atoms with E-state index in [4.69, 9.17) is 4.52 Å². The second kappa shape index (κ2) is 7.97. The van der Waals surface area contributed by atoms with Crippen molar-refractivity contribution in [2.75, 3.05) is 6.54 Å². The smallest absolute Gasteiger partial charge is 0.258 e. The van der Waals surface area contributed by atoms with Crippen LogP contribution in [-0.4, -0.2) is 22.6 Å². The molecule has 0 aliphatic rings. The Bertz CT molecular complexity index is 1030. The fourth-order valence-corrected chi connectivity index (χ4v) is 3.40. The lowest BCUT2D eigenvalue weighted by atomic mass is 10.1. The van der Waals surface area contributed by atoms with Crippen LogP contribution in [0.15, 0.2) is 76.6 Å². The van der Waals surface area contributed by atoms with Gasteiger partial charge in [-0.2, -0.15) is 4.98 Å². The van der Waals surface area contributed by atoms with E-state index in [9.17, 15) is 4.79 Å². The molecule has 4 aromatic rings. The van der Waals surface area contributed by atoms with Crippen LogP contribution in [0.1, 0.15) is 15.2 Å². The molecule has 27 heavy (non-hydrogen) atoms. The third-order valence-corrected chi connectivity index (χ3v) is 5.00. The van der Waals surface area contributed by atoms with Crippen molar-refractivity contribution in [3.8, 4) is 22.8 Å². The summed E-state index contributed by atoms with van der Waals surface area (Å²) >= 11 is 1.69. The molecule has 0 fully saturated rings. The van der Waals surface area contributed by atoms with E-state index in [0.29, 0.717) is 23.8 Å². The average molecular weight is 375 g/mol. The Balaban J connectivity index is 1.46. The number of carbonyl (C=O) groups excluding carboxylic acids is 1. The molecule has 1 N–H and O–H groups in total. The van der Waals surface area contributed by atoms with Gasteiger partial charge in [-0.25, -0.2) is 0 Å². The van der Waals surface area contributed by atoms with Crippen molar-refractivity contribution in [1.82, 2.24) is 15.5 Å². The molecule has 0 bridgehead atoms. The second-order valence-corrected chi connectivity index (χ2v) is 6.99. The summed E-state index contributed by atoms with van der Waals surface area (Å²) in [6, 6.07) is 20.9. The molecule has 0 saturated heterocycles. The van der Waals surface area contributed by atoms with Crippen LogP contribution in [0.3, 0.4) is 0 Å². The van der Waals surface area contributed by atoms with Crippen molar-refractivity contribution >= 4 is 17.2 Å². The van der Waals surface area contributed by atoms with E-state index in [1.54, 1.807) is 23.5 Å². The highest BCUT2D eigenvalue weighted by Crippen LogP contribution is 2.22. The van der Waals surface area contributed by atoms with E-state index in [0.717, 1.165) is 17.5 Å². The van der Waals surface area contributed by atoms with Crippen molar-refractivity contribution in [3.05, 3.63) is 82.6 Å². The largest absolute Gasteiger partial charge is 0.352 e. The highest BCUT2D eigenvalue weighted by Gasteiger charge is 2.13. The molecule has 134 valence electrons. The fraction of sp³-hybridized carbons (Fsp3) is 0.0952. The third kappa shape index (κ3) is 4.12. The minimum atomic E-state index is -0.115. The van der Waals surface area contributed by atoms with Gasteiger partial charge in [-0.1, -0.05) is 47.6 Å². The lowest BCUT2D eigenvalue weighted by molar-refractivity contribution is 0.0954. The number of carbonyl (C=O) groups is 1. The first kappa shape index (κ1) is 17.2. The van der Waals surface area contributed by atoms with Gasteiger partial charge in [0.1, 0.15) is 0 Å². The summed E-state index contributed by atoms with van der Waals surface area (Å²) in [4.78, 5) is 18.1. The van der Waals surface area contributed by atoms with Gasteiger partial charge in [0.2, 0.25) is 5.82 Å². The molecule has 0 radical (unpaired) electrons. The number of nitrogens with one attached hydrogen (secondary N) is 1. The molecular weight excluding hydrogens is 358 g/mol. The van der Waals surface area contributed by atoms with E-state index in [2.05, 4.69) is 21.5 Å². The number of thiophene rings is 1. The molecule has 0 spiro atoms. The van der Waals surface area contributed by atoms with Gasteiger partial charge >= 0.3 is 0 Å². The van der Waals surface area contributed by atoms with Crippen molar-refractivity contribution in [2.24, 2.45) is 0 Å². The zero-order chi connectivity index (χ0) is 18.5. The maximum absolute atomic E-state index is 12.4. The van der Waals surface area contributed by atoms with Crippen LogP contribution in [0.4, 0.5) is 0 Å². The van der Waals surface area contributed by atoms with Crippen molar-refractivity contribution in [2.45, 2.75) is 6.42 Å². The third-order valence-electron chi connectivity index (χ3n) is 4.07. The zero-order valence-corrected chi connectivity index (χ0v) is 15.3. The number of hydrogen-bond acceptors (Lipinski definition) is 5. The molecule has 2 aromatic heterocycles. The maximum atomic E-state index is 12.4. The second-order valence-electron chi connectivity index (χ2n) is 5.96. The van der Waals surface area contributed by atoms with Gasteiger partial charge in [0.05, 0.1) is 0 Å². The van der Waals surface area contributed by atoms with Crippen LogP contribution < -0.4 is 5.32 Å². The first-order valence-electron chi connectivity index (χ1n) is 8.60. The molecule has 0 aliphatic heterocycles. The number of aromatic nitrogens is 2. The summed E-state index contributed by atoms with van der Waals surface area (Å²) in [6.45, 7) is 0.599. The zero-order valence-electron chi connectivity index (χ0n) is 14.5. The van der Waals surface area contributed by atoms with E-state index < -0.39 is 0 Å². The Kier molecular flexibility index (Phi) is 5.07. The summed E-state index contributed by atoms with van der Waals surface area (Å²) < 4.78 is 5.38. The van der Waals surface area contributed by atoms with Gasteiger partial charge in [0, 0.05) is 28.1 Å². The van der Waals surface area contributed by atoms with Crippen molar-refractivity contribution in [1.29, 1.82) is 0 Å². The molecule has 0 atom stereocenters. The molecule has 1 amide bonds. The monoisotopic (exact) mass is 375 g/mol. The van der Waals surface area contributed by atoms with Crippen LogP contribution in [0, 0.1) is 0 Å². The predicted molar refractivity (Wildman–Crippen MR) is 106 cm³/mol. The topological polar surface area (TPSA) is 68.0 Å². The van der Waals surface area contributed by atoms with E-state index in [1.807, 2.05) is 53.9 Å². The first-order valence-corrected chi connectivity index (χ1v) is 9.48. The average Bonchev–Trinajstić information content (AvgIpc) is 3.41. The Hall–Kier alpha value is -3.25. The maximum Gasteiger partial charge on any atom is 0.258 e. The Morgan fingerprint density at radius 1 is 1.00 bits per heavy atom. The molecule has 4 rings (SSSR count). The van der Waals surface area contributed by atoms with Crippen LogP contribution in [0.25, 0.3) is 22.8 Å². The molecule has 0 unspecified atom stereocenters. The van der Waals surface area contributed by atoms with Gasteiger partial charge in [0.15, 0.2) is 0 Å².